The summed E-state index contributed by atoms with van der Waals surface area (Å²) in [7, 11) is 2.92. The molecule has 10 atom stereocenters. The number of fused-ring (bicyclic) bond motifs is 14. The van der Waals surface area contributed by atoms with Crippen LogP contribution in [0.2, 0.25) is 0 Å². The van der Waals surface area contributed by atoms with Crippen molar-refractivity contribution in [2.45, 2.75) is 136 Å². The summed E-state index contributed by atoms with van der Waals surface area (Å²) < 4.78 is 48.4. The van der Waals surface area contributed by atoms with E-state index in [0.717, 1.165) is 19.3 Å². The summed E-state index contributed by atoms with van der Waals surface area (Å²) in [6, 6.07) is 1.30. The lowest BCUT2D eigenvalue weighted by atomic mass is 9.78. The van der Waals surface area contributed by atoms with Gasteiger partial charge in [0, 0.05) is 119 Å². The SMILES string of the molecule is COc1c(N2CCC(CN3CCC4(CC3)N=C3C(=C5NC(=O)/C(C)=C\C=C\[C@H](C)[C@H](O)[C@@H](C)[C@@H](O)[C@@H](C)[C@H](OC(C)=O)[C@H](C)[C@@H](OC)/C=C/O[C@@]6(C)Oc7c(C)c(O)c(c3c7C6=O)C5=O)N4)C2)c(F)cc2c(=O)c(C(C)=O)cn(C3CC3)c12. The highest BCUT2D eigenvalue weighted by atomic mass is 19.1. The minimum absolute atomic E-state index is 0.0134. The maximum atomic E-state index is 16.4. The Hall–Kier alpha value is -7.20. The number of halogens is 1. The lowest BCUT2D eigenvalue weighted by Gasteiger charge is -2.38. The van der Waals surface area contributed by atoms with E-state index >= 15 is 14.0 Å². The van der Waals surface area contributed by atoms with E-state index in [-0.39, 0.29) is 90.8 Å². The van der Waals surface area contributed by atoms with Crippen LogP contribution in [-0.4, -0.2) is 143 Å². The number of aliphatic imine (C=N–C) groups is 1. The van der Waals surface area contributed by atoms with Crippen LogP contribution in [0.1, 0.15) is 136 Å². The first kappa shape index (κ1) is 59.0. The Kier molecular flexibility index (Phi) is 15.9. The molecule has 11 rings (SSSR count). The number of esters is 1. The van der Waals surface area contributed by atoms with Gasteiger partial charge in [-0.2, -0.15) is 0 Å². The Bertz CT molecular complexity index is 3440. The molecule has 2 aliphatic carbocycles. The van der Waals surface area contributed by atoms with Gasteiger partial charge >= 0.3 is 11.8 Å². The maximum Gasteiger partial charge on any atom is 0.312 e. The second-order valence-electron chi connectivity index (χ2n) is 23.9. The van der Waals surface area contributed by atoms with Crippen molar-refractivity contribution >= 4 is 51.5 Å². The number of carbonyl (C=O) groups is 5. The number of nitrogens with one attached hydrogen (secondary N) is 2. The normalized spacial score (nSPS) is 30.7. The number of aromatic hydroxyl groups is 1. The topological polar surface area (TPSA) is 257 Å². The number of nitrogens with zero attached hydrogens (tertiary/aromatic N) is 4. The fourth-order valence-electron chi connectivity index (χ4n) is 13.1. The van der Waals surface area contributed by atoms with E-state index in [4.69, 9.17) is 28.7 Å². The Balaban J connectivity index is 0.962. The molecule has 6 aliphatic heterocycles. The zero-order chi connectivity index (χ0) is 59.9. The summed E-state index contributed by atoms with van der Waals surface area (Å²) in [6.45, 7) is 16.8. The molecule has 8 aliphatic rings. The molecule has 1 spiro atoms. The fraction of sp³-hybridized carbons (Fsp3) is 0.532. The van der Waals surface area contributed by atoms with Crippen molar-refractivity contribution in [3.63, 3.8) is 0 Å². The highest BCUT2D eigenvalue weighted by Gasteiger charge is 2.55. The predicted molar refractivity (Wildman–Crippen MR) is 305 cm³/mol. The number of hydrogen-bond donors (Lipinski definition) is 5. The number of amides is 1. The zero-order valence-electron chi connectivity index (χ0n) is 48.9. The van der Waals surface area contributed by atoms with Crippen LogP contribution in [0.3, 0.4) is 0 Å². The van der Waals surface area contributed by atoms with Crippen LogP contribution < -0.4 is 30.4 Å². The summed E-state index contributed by atoms with van der Waals surface area (Å²) >= 11 is 0. The number of likely N-dealkylation sites (tertiary alicyclic amines) is 1. The lowest BCUT2D eigenvalue weighted by Crippen LogP contribution is -2.51. The van der Waals surface area contributed by atoms with E-state index in [1.54, 1.807) is 53.0 Å². The van der Waals surface area contributed by atoms with Crippen LogP contribution in [0.25, 0.3) is 10.9 Å². The number of allylic oxidation sites excluding steroid dienone is 4. The van der Waals surface area contributed by atoms with Crippen molar-refractivity contribution in [1.29, 1.82) is 0 Å². The molecule has 83 heavy (non-hydrogen) atoms. The number of aliphatic hydroxyl groups is 2. The second kappa shape index (κ2) is 22.4. The van der Waals surface area contributed by atoms with Crippen molar-refractivity contribution in [2.75, 3.05) is 51.8 Å². The van der Waals surface area contributed by atoms with Gasteiger partial charge in [-0.05, 0) is 58.1 Å². The standard InChI is InChI=1S/C62H75FN6O14/c1-29-13-12-14-30(2)60(78)64-48-47-46(43-44(55(48)76)53(74)34(6)57-45(43)59(77)61(9,83-57)81-24-18-42(79-10)31(3)56(82-36(8)71)33(5)52(73)32(4)51(29)72)65-62(66-47)19-22-67(23-20-62)26-37-17-21-68(27-37)50-41(63)25-39-49(58(50)80-11)69(38-15-16-38)28-40(35(7)70)54(39)75/h12-14,18,24-25,28-29,31-33,37-38,42,51-52,56,66,72-74H,15-17,19-23,26-27H2,1-11H3,(H,64,78)/b13-12+,24-18+,30-14-/t29-,31+,32+,33+,37?,42-,51-,52+,56+,61-/m0/s1. The molecule has 21 heteroatoms. The van der Waals surface area contributed by atoms with Crippen LogP contribution in [0.4, 0.5) is 10.1 Å². The molecule has 1 aromatic heterocycles. The lowest BCUT2D eigenvalue weighted by molar-refractivity contribution is -0.160. The number of aromatic nitrogens is 1. The van der Waals surface area contributed by atoms with E-state index in [9.17, 15) is 34.5 Å². The number of carbonyl (C=O) groups excluding carboxylic acids is 5. The summed E-state index contributed by atoms with van der Waals surface area (Å²) in [6.07, 6.45) is 8.51. The van der Waals surface area contributed by atoms with Crippen LogP contribution >= 0.6 is 0 Å². The van der Waals surface area contributed by atoms with Gasteiger partial charge < -0.3 is 64.0 Å². The number of piperidine rings is 1. The number of anilines is 1. The Labute approximate surface area is 481 Å². The summed E-state index contributed by atoms with van der Waals surface area (Å²) in [5.74, 6) is -8.43. The Morgan fingerprint density at radius 1 is 0.916 bits per heavy atom. The van der Waals surface area contributed by atoms with Crippen LogP contribution in [0.15, 0.2) is 69.6 Å². The number of aliphatic hydroxyl groups excluding tert-OH is 2. The molecule has 444 valence electrons. The summed E-state index contributed by atoms with van der Waals surface area (Å²) in [5, 5.41) is 41.7. The van der Waals surface area contributed by atoms with Crippen molar-refractivity contribution in [3.8, 4) is 17.2 Å². The molecule has 5 bridgehead atoms. The summed E-state index contributed by atoms with van der Waals surface area (Å²) in [5.41, 5.74) is -0.658. The number of ether oxygens (including phenoxy) is 5. The smallest absolute Gasteiger partial charge is 0.312 e. The first-order valence-corrected chi connectivity index (χ1v) is 28.7. The molecule has 7 heterocycles. The number of pyridine rings is 1. The quantitative estimate of drug-likeness (QED) is 0.119. The largest absolute Gasteiger partial charge is 0.507 e. The average molecular weight is 1150 g/mol. The second-order valence-corrected chi connectivity index (χ2v) is 23.9. The highest BCUT2D eigenvalue weighted by Crippen LogP contribution is 2.51. The van der Waals surface area contributed by atoms with E-state index in [0.29, 0.717) is 51.1 Å². The van der Waals surface area contributed by atoms with Gasteiger partial charge in [0.2, 0.25) is 5.78 Å². The molecule has 0 radical (unpaired) electrons. The van der Waals surface area contributed by atoms with Crippen molar-refractivity contribution in [1.82, 2.24) is 20.1 Å². The van der Waals surface area contributed by atoms with Gasteiger partial charge in [0.1, 0.15) is 34.7 Å². The third-order valence-electron chi connectivity index (χ3n) is 18.2. The number of hydrogen-bond acceptors (Lipinski definition) is 18. The number of rotatable bonds is 8. The van der Waals surface area contributed by atoms with Crippen LogP contribution in [0, 0.1) is 42.3 Å². The molecular formula is C62H75FN6O14. The Morgan fingerprint density at radius 3 is 2.28 bits per heavy atom. The van der Waals surface area contributed by atoms with Gasteiger partial charge in [-0.3, -0.25) is 33.8 Å². The van der Waals surface area contributed by atoms with E-state index < -0.39 is 100.0 Å². The first-order chi connectivity index (χ1) is 39.3. The first-order valence-electron chi connectivity index (χ1n) is 28.7. The number of phenols is 1. The maximum absolute atomic E-state index is 16.4. The van der Waals surface area contributed by atoms with E-state index in [1.165, 1.54) is 66.4 Å². The molecule has 2 saturated heterocycles. The number of benzene rings is 2. The van der Waals surface area contributed by atoms with Crippen molar-refractivity contribution < 1.29 is 67.4 Å². The number of phenolic OH excluding ortho intramolecular Hbond substituents is 1. The monoisotopic (exact) mass is 1150 g/mol. The van der Waals surface area contributed by atoms with Crippen molar-refractivity contribution in [2.24, 2.45) is 34.6 Å². The molecule has 1 saturated carbocycles. The number of ketones is 3. The molecule has 5 N–H and O–H groups in total. The minimum atomic E-state index is -2.05. The fourth-order valence-corrected chi connectivity index (χ4v) is 13.1. The van der Waals surface area contributed by atoms with Crippen molar-refractivity contribution in [3.05, 3.63) is 104 Å². The summed E-state index contributed by atoms with van der Waals surface area (Å²) in [4.78, 5) is 92.5. The molecule has 3 aromatic rings. The van der Waals surface area contributed by atoms with Gasteiger partial charge in [0.25, 0.3) is 11.7 Å². The third kappa shape index (κ3) is 10.4. The van der Waals surface area contributed by atoms with Gasteiger partial charge in [-0.15, -0.1) is 0 Å². The molecule has 1 amide bonds. The van der Waals surface area contributed by atoms with E-state index in [2.05, 4.69) is 15.5 Å². The zero-order valence-corrected chi connectivity index (χ0v) is 48.9. The molecule has 2 aromatic carbocycles. The average Bonchev–Trinajstić information content (AvgIpc) is 2.44. The van der Waals surface area contributed by atoms with Crippen LogP contribution in [0.5, 0.6) is 17.2 Å². The molecule has 20 nitrogen and oxygen atoms in total. The molecule has 1 unspecified atom stereocenters. The van der Waals surface area contributed by atoms with Crippen LogP contribution in [-0.2, 0) is 23.8 Å². The van der Waals surface area contributed by atoms with Gasteiger partial charge in [0.05, 0.1) is 70.7 Å². The van der Waals surface area contributed by atoms with Gasteiger partial charge in [0.15, 0.2) is 22.8 Å². The minimum Gasteiger partial charge on any atom is -0.507 e. The number of Topliss-reactive ketones (excluding diaryl/α,β-unsaturated/α-hetero) is 3. The predicted octanol–water partition coefficient (Wildman–Crippen LogP) is 6.49. The van der Waals surface area contributed by atoms with Gasteiger partial charge in [-0.25, -0.2) is 4.39 Å². The third-order valence-corrected chi connectivity index (χ3v) is 18.2. The number of methoxy groups -OCH3 is 2. The van der Waals surface area contributed by atoms with E-state index in [1.807, 2.05) is 9.47 Å². The molecular weight excluding hydrogens is 1070 g/mol. The Morgan fingerprint density at radius 2 is 1.63 bits per heavy atom. The van der Waals surface area contributed by atoms with Gasteiger partial charge in [-0.1, -0.05) is 45.9 Å². The molecule has 3 fully saturated rings. The highest BCUT2D eigenvalue weighted by molar-refractivity contribution is 6.34.